The van der Waals surface area contributed by atoms with Gasteiger partial charge >= 0.3 is 5.97 Å². The van der Waals surface area contributed by atoms with E-state index in [9.17, 15) is 9.90 Å². The van der Waals surface area contributed by atoms with Gasteiger partial charge in [-0.3, -0.25) is 0 Å². The highest BCUT2D eigenvalue weighted by Gasteiger charge is 2.34. The lowest BCUT2D eigenvalue weighted by Gasteiger charge is -2.38. The van der Waals surface area contributed by atoms with Gasteiger partial charge in [-0.25, -0.2) is 4.79 Å². The summed E-state index contributed by atoms with van der Waals surface area (Å²) in [7, 11) is 0. The first kappa shape index (κ1) is 36.5. The summed E-state index contributed by atoms with van der Waals surface area (Å²) in [6, 6.07) is 4.27. The third-order valence-corrected chi connectivity index (χ3v) is 9.57. The number of hydrogen-bond acceptors (Lipinski definition) is 4. The Morgan fingerprint density at radius 2 is 1.47 bits per heavy atom. The third-order valence-electron chi connectivity index (χ3n) is 9.57. The van der Waals surface area contributed by atoms with E-state index in [1.807, 2.05) is 20.8 Å². The van der Waals surface area contributed by atoms with Crippen molar-refractivity contribution in [3.8, 4) is 17.2 Å². The van der Waals surface area contributed by atoms with E-state index in [2.05, 4.69) is 41.5 Å². The summed E-state index contributed by atoms with van der Waals surface area (Å²) in [6.07, 6.45) is 14.7. The molecule has 242 valence electrons. The van der Waals surface area contributed by atoms with Crippen LogP contribution in [0, 0.1) is 38.5 Å². The Hall–Kier alpha value is -2.69. The van der Waals surface area contributed by atoms with Crippen molar-refractivity contribution in [1.82, 2.24) is 0 Å². The highest BCUT2D eigenvalue weighted by Crippen LogP contribution is 2.44. The maximum Gasteiger partial charge on any atom is 0.335 e. The average Bonchev–Trinajstić information content (AvgIpc) is 2.94. The van der Waals surface area contributed by atoms with Crippen LogP contribution in [0.5, 0.6) is 17.2 Å². The second kappa shape index (κ2) is 17.0. The fraction of sp³-hybridized carbons (Fsp3) is 0.658. The molecule has 3 N–H and O–H groups in total. The van der Waals surface area contributed by atoms with Crippen molar-refractivity contribution >= 4 is 5.97 Å². The number of aryl methyl sites for hydroxylation is 1. The van der Waals surface area contributed by atoms with Gasteiger partial charge in [0.25, 0.3) is 0 Å². The highest BCUT2D eigenvalue weighted by atomic mass is 16.5. The van der Waals surface area contributed by atoms with Gasteiger partial charge < -0.3 is 20.1 Å². The molecule has 1 heterocycles. The fourth-order valence-electron chi connectivity index (χ4n) is 6.35. The summed E-state index contributed by atoms with van der Waals surface area (Å²) < 4.78 is 6.60. The van der Waals surface area contributed by atoms with Gasteiger partial charge in [-0.05, 0) is 118 Å². The maximum absolute atomic E-state index is 10.6. The molecule has 0 bridgehead atoms. The molecule has 43 heavy (non-hydrogen) atoms. The number of phenols is 2. The van der Waals surface area contributed by atoms with Crippen LogP contribution < -0.4 is 4.74 Å². The summed E-state index contributed by atoms with van der Waals surface area (Å²) in [5.41, 5.74) is 5.14. The van der Waals surface area contributed by atoms with Crippen molar-refractivity contribution in [2.24, 2.45) is 17.8 Å². The van der Waals surface area contributed by atoms with Crippen molar-refractivity contribution in [3.05, 3.63) is 51.6 Å². The van der Waals surface area contributed by atoms with Gasteiger partial charge in [-0.2, -0.15) is 0 Å². The van der Waals surface area contributed by atoms with Crippen LogP contribution in [-0.2, 0) is 12.8 Å². The van der Waals surface area contributed by atoms with E-state index in [0.29, 0.717) is 17.7 Å². The predicted molar refractivity (Wildman–Crippen MR) is 179 cm³/mol. The van der Waals surface area contributed by atoms with Crippen LogP contribution in [0.4, 0.5) is 0 Å². The summed E-state index contributed by atoms with van der Waals surface area (Å²) in [5, 5.41) is 28.2. The molecule has 5 heteroatoms. The van der Waals surface area contributed by atoms with E-state index in [1.165, 1.54) is 75.1 Å². The Kier molecular flexibility index (Phi) is 14.4. The molecule has 0 aliphatic carbocycles. The Labute approximate surface area is 262 Å². The van der Waals surface area contributed by atoms with Crippen LogP contribution in [0.2, 0.25) is 0 Å². The van der Waals surface area contributed by atoms with Gasteiger partial charge in [0.2, 0.25) is 0 Å². The molecule has 2 unspecified atom stereocenters. The molecule has 0 spiro atoms. The van der Waals surface area contributed by atoms with Crippen LogP contribution in [0.1, 0.15) is 144 Å². The zero-order valence-electron chi connectivity index (χ0n) is 28.6. The second-order valence-electron chi connectivity index (χ2n) is 13.9. The molecule has 0 amide bonds. The molecule has 2 aromatic rings. The third kappa shape index (κ3) is 11.1. The number of hydrogen-bond donors (Lipinski definition) is 3. The Balaban J connectivity index is 0.000000448. The molecule has 3 atom stereocenters. The highest BCUT2D eigenvalue weighted by molar-refractivity contribution is 5.89. The van der Waals surface area contributed by atoms with Gasteiger partial charge in [0.05, 0.1) is 5.56 Å². The number of rotatable bonds is 14. The monoisotopic (exact) mass is 596 g/mol. The number of aromatic hydroxyl groups is 2. The molecule has 0 fully saturated rings. The molecule has 1 aliphatic rings. The Morgan fingerprint density at radius 1 is 0.884 bits per heavy atom. The number of carbonyl (C=O) groups is 1. The van der Waals surface area contributed by atoms with E-state index < -0.39 is 5.97 Å². The number of benzene rings is 2. The Morgan fingerprint density at radius 3 is 2.02 bits per heavy atom. The van der Waals surface area contributed by atoms with Crippen molar-refractivity contribution < 1.29 is 24.9 Å². The van der Waals surface area contributed by atoms with Crippen molar-refractivity contribution in [3.63, 3.8) is 0 Å². The van der Waals surface area contributed by atoms with E-state index in [0.717, 1.165) is 59.5 Å². The van der Waals surface area contributed by atoms with E-state index in [1.54, 1.807) is 0 Å². The number of carboxylic acid groups (broad SMARTS) is 1. The van der Waals surface area contributed by atoms with Crippen LogP contribution in [0.15, 0.2) is 18.2 Å². The van der Waals surface area contributed by atoms with Gasteiger partial charge in [0, 0.05) is 5.56 Å². The van der Waals surface area contributed by atoms with Crippen LogP contribution in [-0.4, -0.2) is 26.9 Å². The smallest absolute Gasteiger partial charge is 0.335 e. The van der Waals surface area contributed by atoms with Crippen molar-refractivity contribution in [2.75, 3.05) is 0 Å². The van der Waals surface area contributed by atoms with Crippen LogP contribution in [0.3, 0.4) is 0 Å². The van der Waals surface area contributed by atoms with E-state index >= 15 is 0 Å². The van der Waals surface area contributed by atoms with E-state index in [-0.39, 0.29) is 16.9 Å². The molecule has 2 aromatic carbocycles. The lowest BCUT2D eigenvalue weighted by atomic mass is 9.84. The largest absolute Gasteiger partial charge is 0.508 e. The molecular formula is C38H60O5. The first-order valence-electron chi connectivity index (χ1n) is 16.7. The SMILES string of the molecule is CCc1cc(O)ccc1C(=O)O.Cc1c(C)c2c(c(C)c1O)CC[C@@](C)(CCCC(C)CCCC(C)CCCC(C)C)O2. The zero-order chi connectivity index (χ0) is 32.3. The van der Waals surface area contributed by atoms with Crippen LogP contribution >= 0.6 is 0 Å². The molecule has 0 saturated carbocycles. The van der Waals surface area contributed by atoms with Gasteiger partial charge in [0.1, 0.15) is 22.8 Å². The van der Waals surface area contributed by atoms with Gasteiger partial charge in [-0.1, -0.05) is 79.6 Å². The van der Waals surface area contributed by atoms with Gasteiger partial charge in [0.15, 0.2) is 0 Å². The first-order valence-corrected chi connectivity index (χ1v) is 16.7. The quantitative estimate of drug-likeness (QED) is 0.202. The minimum Gasteiger partial charge on any atom is -0.508 e. The number of aromatic carboxylic acids is 1. The first-order chi connectivity index (χ1) is 20.2. The normalized spacial score (nSPS) is 17.4. The second-order valence-corrected chi connectivity index (χ2v) is 13.9. The summed E-state index contributed by atoms with van der Waals surface area (Å²) in [6.45, 7) is 19.8. The topological polar surface area (TPSA) is 87.0 Å². The lowest BCUT2D eigenvalue weighted by Crippen LogP contribution is -2.37. The molecule has 5 nitrogen and oxygen atoms in total. The lowest BCUT2D eigenvalue weighted by molar-refractivity contribution is 0.0511. The number of ether oxygens (including phenoxy) is 1. The standard InChI is InChI=1S/C29H50O2.C9H10O3/c1-20(2)12-9-13-21(3)14-10-15-22(4)16-11-18-29(8)19-17-26-25(7)27(30)23(5)24(6)28(26)31-29;1-2-6-5-7(10)3-4-8(6)9(11)12/h20-22,30H,9-19H2,1-8H3;3-5,10H,2H2,1H3,(H,11,12)/t21?,22?,29-;/m1./s1. The molecular weight excluding hydrogens is 536 g/mol. The number of fused-ring (bicyclic) bond motifs is 1. The fourth-order valence-corrected chi connectivity index (χ4v) is 6.35. The predicted octanol–water partition coefficient (Wildman–Crippen LogP) is 10.5. The molecule has 0 aromatic heterocycles. The maximum atomic E-state index is 10.6. The minimum atomic E-state index is -0.952. The van der Waals surface area contributed by atoms with Crippen molar-refractivity contribution in [1.29, 1.82) is 0 Å². The zero-order valence-corrected chi connectivity index (χ0v) is 28.6. The molecule has 3 rings (SSSR count). The van der Waals surface area contributed by atoms with Crippen LogP contribution in [0.25, 0.3) is 0 Å². The summed E-state index contributed by atoms with van der Waals surface area (Å²) in [5.74, 6) is 3.19. The van der Waals surface area contributed by atoms with Gasteiger partial charge in [-0.15, -0.1) is 0 Å². The number of phenolic OH excluding ortho intramolecular Hbond substituents is 2. The number of carboxylic acids is 1. The molecule has 0 saturated heterocycles. The molecule has 0 radical (unpaired) electrons. The summed E-state index contributed by atoms with van der Waals surface area (Å²) >= 11 is 0. The average molecular weight is 597 g/mol. The Bertz CT molecular complexity index is 1180. The molecule has 1 aliphatic heterocycles. The minimum absolute atomic E-state index is 0.0712. The summed E-state index contributed by atoms with van der Waals surface area (Å²) in [4.78, 5) is 10.6. The van der Waals surface area contributed by atoms with E-state index in [4.69, 9.17) is 14.9 Å². The van der Waals surface area contributed by atoms with Crippen molar-refractivity contribution in [2.45, 2.75) is 145 Å².